The van der Waals surface area contributed by atoms with Crippen LogP contribution in [0.4, 0.5) is 11.4 Å². The number of anilines is 2. The van der Waals surface area contributed by atoms with Crippen molar-refractivity contribution in [2.75, 3.05) is 29.8 Å². The van der Waals surface area contributed by atoms with Crippen LogP contribution in [0.15, 0.2) is 41.8 Å². The molecule has 1 aliphatic rings. The van der Waals surface area contributed by atoms with Crippen LogP contribution in [0.2, 0.25) is 0 Å². The van der Waals surface area contributed by atoms with Crippen molar-refractivity contribution in [1.82, 2.24) is 9.55 Å². The molecule has 1 aromatic carbocycles. The maximum absolute atomic E-state index is 12.4. The standard InChI is InChI=1S/C16H22N4O3S/c1-12(2)20-10-16(17-11-20)24(21,22)18-13-4-6-14(7-5-13)19-8-15(9-19)23-3/h4-7,10-12,15,18H,8-9H2,1-3H3. The van der Waals surface area contributed by atoms with Gasteiger partial charge in [-0.1, -0.05) is 0 Å². The number of hydrogen-bond acceptors (Lipinski definition) is 5. The Morgan fingerprint density at radius 3 is 2.46 bits per heavy atom. The van der Waals surface area contributed by atoms with Crippen molar-refractivity contribution in [3.8, 4) is 0 Å². The zero-order chi connectivity index (χ0) is 17.3. The first-order valence-corrected chi connectivity index (χ1v) is 9.31. The summed E-state index contributed by atoms with van der Waals surface area (Å²) in [5.74, 6) is 0. The number of nitrogens with zero attached hydrogens (tertiary/aromatic N) is 3. The molecule has 1 N–H and O–H groups in total. The minimum Gasteiger partial charge on any atom is -0.378 e. The Balaban J connectivity index is 1.68. The monoisotopic (exact) mass is 350 g/mol. The summed E-state index contributed by atoms with van der Waals surface area (Å²) in [7, 11) is -1.97. The molecule has 0 atom stereocenters. The van der Waals surface area contributed by atoms with Crippen molar-refractivity contribution < 1.29 is 13.2 Å². The Labute approximate surface area is 142 Å². The Kier molecular flexibility index (Phi) is 4.51. The summed E-state index contributed by atoms with van der Waals surface area (Å²) >= 11 is 0. The Bertz CT molecular complexity index is 793. The molecule has 0 spiro atoms. The second-order valence-corrected chi connectivity index (χ2v) is 7.80. The van der Waals surface area contributed by atoms with Crippen LogP contribution < -0.4 is 9.62 Å². The Morgan fingerprint density at radius 1 is 1.25 bits per heavy atom. The van der Waals surface area contributed by atoms with E-state index in [1.807, 2.05) is 26.0 Å². The normalized spacial score (nSPS) is 15.6. The average molecular weight is 350 g/mol. The predicted octanol–water partition coefficient (Wildman–Crippen LogP) is 2.10. The van der Waals surface area contributed by atoms with Gasteiger partial charge in [0, 0.05) is 43.8 Å². The molecule has 0 unspecified atom stereocenters. The third-order valence-electron chi connectivity index (χ3n) is 4.12. The van der Waals surface area contributed by atoms with Gasteiger partial charge >= 0.3 is 0 Å². The lowest BCUT2D eigenvalue weighted by Gasteiger charge is -2.40. The van der Waals surface area contributed by atoms with Gasteiger partial charge in [0.1, 0.15) is 0 Å². The van der Waals surface area contributed by atoms with E-state index in [9.17, 15) is 8.42 Å². The van der Waals surface area contributed by atoms with Gasteiger partial charge in [-0.05, 0) is 38.1 Å². The number of aromatic nitrogens is 2. The van der Waals surface area contributed by atoms with Gasteiger partial charge in [-0.2, -0.15) is 8.42 Å². The van der Waals surface area contributed by atoms with Crippen LogP contribution in [0.3, 0.4) is 0 Å². The molecule has 2 aromatic rings. The van der Waals surface area contributed by atoms with Crippen LogP contribution in [0, 0.1) is 0 Å². The van der Waals surface area contributed by atoms with Gasteiger partial charge < -0.3 is 14.2 Å². The molecule has 7 nitrogen and oxygen atoms in total. The highest BCUT2D eigenvalue weighted by molar-refractivity contribution is 7.92. The summed E-state index contributed by atoms with van der Waals surface area (Å²) in [6, 6.07) is 7.47. The van der Waals surface area contributed by atoms with Crippen LogP contribution in [0.5, 0.6) is 0 Å². The largest absolute Gasteiger partial charge is 0.378 e. The number of hydrogen-bond donors (Lipinski definition) is 1. The lowest BCUT2D eigenvalue weighted by Crippen LogP contribution is -2.51. The number of methoxy groups -OCH3 is 1. The molecule has 3 rings (SSSR count). The van der Waals surface area contributed by atoms with Gasteiger partial charge in [0.15, 0.2) is 5.03 Å². The summed E-state index contributed by atoms with van der Waals surface area (Å²) in [6.07, 6.45) is 3.34. The molecule has 0 bridgehead atoms. The summed E-state index contributed by atoms with van der Waals surface area (Å²) < 4.78 is 34.4. The molecule has 1 fully saturated rings. The van der Waals surface area contributed by atoms with Gasteiger partial charge in [-0.25, -0.2) is 4.98 Å². The molecule has 24 heavy (non-hydrogen) atoms. The van der Waals surface area contributed by atoms with E-state index in [-0.39, 0.29) is 17.2 Å². The molecule has 1 aliphatic heterocycles. The molecular formula is C16H22N4O3S. The second-order valence-electron chi connectivity index (χ2n) is 6.17. The van der Waals surface area contributed by atoms with Crippen molar-refractivity contribution in [3.63, 3.8) is 0 Å². The van der Waals surface area contributed by atoms with Gasteiger partial charge in [-0.15, -0.1) is 0 Å². The first-order chi connectivity index (χ1) is 11.4. The lowest BCUT2D eigenvalue weighted by molar-refractivity contribution is 0.0788. The van der Waals surface area contributed by atoms with E-state index in [0.717, 1.165) is 18.8 Å². The summed E-state index contributed by atoms with van der Waals surface area (Å²) in [5, 5.41) is 0.0194. The zero-order valence-corrected chi connectivity index (χ0v) is 14.8. The fraction of sp³-hybridized carbons (Fsp3) is 0.438. The molecule has 0 amide bonds. The first-order valence-electron chi connectivity index (χ1n) is 7.83. The maximum Gasteiger partial charge on any atom is 0.280 e. The van der Waals surface area contributed by atoms with E-state index in [0.29, 0.717) is 5.69 Å². The molecule has 0 aliphatic carbocycles. The van der Waals surface area contributed by atoms with E-state index < -0.39 is 10.0 Å². The Hall–Kier alpha value is -2.06. The highest BCUT2D eigenvalue weighted by atomic mass is 32.2. The van der Waals surface area contributed by atoms with Crippen LogP contribution in [0.1, 0.15) is 19.9 Å². The minimum absolute atomic E-state index is 0.0194. The van der Waals surface area contributed by atoms with Crippen LogP contribution in [0.25, 0.3) is 0 Å². The number of ether oxygens (including phenoxy) is 1. The number of rotatable bonds is 6. The van der Waals surface area contributed by atoms with Gasteiger partial charge in [-0.3, -0.25) is 4.72 Å². The molecule has 1 saturated heterocycles. The SMILES string of the molecule is COC1CN(c2ccc(NS(=O)(=O)c3cn(C(C)C)cn3)cc2)C1. The van der Waals surface area contributed by atoms with E-state index >= 15 is 0 Å². The highest BCUT2D eigenvalue weighted by Gasteiger charge is 2.26. The van der Waals surface area contributed by atoms with E-state index in [1.54, 1.807) is 23.8 Å². The number of nitrogens with one attached hydrogen (secondary N) is 1. The molecule has 0 radical (unpaired) electrons. The van der Waals surface area contributed by atoms with Crippen molar-refractivity contribution in [3.05, 3.63) is 36.8 Å². The van der Waals surface area contributed by atoms with E-state index in [2.05, 4.69) is 14.6 Å². The van der Waals surface area contributed by atoms with Crippen molar-refractivity contribution in [2.45, 2.75) is 31.0 Å². The highest BCUT2D eigenvalue weighted by Crippen LogP contribution is 2.25. The molecular weight excluding hydrogens is 328 g/mol. The van der Waals surface area contributed by atoms with Crippen molar-refractivity contribution in [1.29, 1.82) is 0 Å². The van der Waals surface area contributed by atoms with Crippen LogP contribution in [-0.2, 0) is 14.8 Å². The quantitative estimate of drug-likeness (QED) is 0.863. The summed E-state index contributed by atoms with van der Waals surface area (Å²) in [5.41, 5.74) is 1.57. The van der Waals surface area contributed by atoms with Crippen molar-refractivity contribution in [2.24, 2.45) is 0 Å². The fourth-order valence-corrected chi connectivity index (χ4v) is 3.48. The van der Waals surface area contributed by atoms with Gasteiger partial charge in [0.05, 0.1) is 12.4 Å². The number of benzene rings is 1. The zero-order valence-electron chi connectivity index (χ0n) is 14.0. The lowest BCUT2D eigenvalue weighted by atomic mass is 10.1. The van der Waals surface area contributed by atoms with Crippen LogP contribution >= 0.6 is 0 Å². The molecule has 1 aromatic heterocycles. The topological polar surface area (TPSA) is 76.5 Å². The first kappa shape index (κ1) is 16.8. The average Bonchev–Trinajstić information content (AvgIpc) is 2.98. The summed E-state index contributed by atoms with van der Waals surface area (Å²) in [4.78, 5) is 6.16. The number of sulfonamides is 1. The Morgan fingerprint density at radius 2 is 1.92 bits per heavy atom. The smallest absolute Gasteiger partial charge is 0.280 e. The number of imidazole rings is 1. The van der Waals surface area contributed by atoms with Crippen LogP contribution in [-0.4, -0.2) is 44.3 Å². The van der Waals surface area contributed by atoms with Gasteiger partial charge in [0.2, 0.25) is 0 Å². The molecule has 0 saturated carbocycles. The van der Waals surface area contributed by atoms with Crippen molar-refractivity contribution >= 4 is 21.4 Å². The van der Waals surface area contributed by atoms with E-state index in [4.69, 9.17) is 4.74 Å². The van der Waals surface area contributed by atoms with Gasteiger partial charge in [0.25, 0.3) is 10.0 Å². The predicted molar refractivity (Wildman–Crippen MR) is 92.9 cm³/mol. The molecule has 2 heterocycles. The third-order valence-corrected chi connectivity index (χ3v) is 5.38. The third kappa shape index (κ3) is 3.39. The minimum atomic E-state index is -3.68. The second kappa shape index (κ2) is 6.45. The van der Waals surface area contributed by atoms with E-state index in [1.165, 1.54) is 12.5 Å². The fourth-order valence-electron chi connectivity index (χ4n) is 2.48. The maximum atomic E-state index is 12.4. The molecule has 8 heteroatoms. The summed E-state index contributed by atoms with van der Waals surface area (Å²) in [6.45, 7) is 5.64. The molecule has 130 valence electrons.